The topological polar surface area (TPSA) is 128 Å². The molecule has 1 aliphatic heterocycles. The molecule has 1 amide bonds. The van der Waals surface area contributed by atoms with Crippen molar-refractivity contribution < 1.29 is 19.0 Å². The van der Waals surface area contributed by atoms with E-state index in [9.17, 15) is 14.9 Å². The van der Waals surface area contributed by atoms with Crippen molar-refractivity contribution >= 4 is 34.6 Å². The number of hydrogen-bond donors (Lipinski definition) is 1. The molecular weight excluding hydrogens is 450 g/mol. The summed E-state index contributed by atoms with van der Waals surface area (Å²) in [6.45, 7) is 3.59. The summed E-state index contributed by atoms with van der Waals surface area (Å²) < 4.78 is 10.6. The van der Waals surface area contributed by atoms with E-state index in [1.54, 1.807) is 43.2 Å². The minimum absolute atomic E-state index is 0.0650. The van der Waals surface area contributed by atoms with E-state index >= 15 is 0 Å². The minimum atomic E-state index is -0.486. The van der Waals surface area contributed by atoms with Crippen molar-refractivity contribution in [2.75, 3.05) is 43.9 Å². The van der Waals surface area contributed by atoms with E-state index in [0.29, 0.717) is 70.9 Å². The molecule has 0 aliphatic carbocycles. The van der Waals surface area contributed by atoms with Crippen molar-refractivity contribution in [2.45, 2.75) is 6.92 Å². The van der Waals surface area contributed by atoms with Gasteiger partial charge in [-0.25, -0.2) is 0 Å². The number of anilines is 2. The minimum Gasteiger partial charge on any atom is -0.497 e. The van der Waals surface area contributed by atoms with Gasteiger partial charge in [0.05, 0.1) is 22.7 Å². The molecule has 0 radical (unpaired) electrons. The standard InChI is InChI=1S/C22H22ClN5O5/c1-13-20(21(25-33-13)16-12-15(32-2)4-5-18(16)24)22(29)27-9-7-26(8-10-27)19-6-3-14(28(30)31)11-17(19)23/h3-6,11-12H,7-10,24H2,1-2H3. The number of halogens is 1. The number of nitro groups is 1. The summed E-state index contributed by atoms with van der Waals surface area (Å²) in [4.78, 5) is 27.6. The molecule has 11 heteroatoms. The lowest BCUT2D eigenvalue weighted by molar-refractivity contribution is -0.384. The highest BCUT2D eigenvalue weighted by Crippen LogP contribution is 2.34. The molecule has 2 N–H and O–H groups in total. The fourth-order valence-electron chi connectivity index (χ4n) is 3.85. The first-order valence-electron chi connectivity index (χ1n) is 10.2. The summed E-state index contributed by atoms with van der Waals surface area (Å²) in [5, 5.41) is 15.3. The number of piperazine rings is 1. The number of hydrogen-bond acceptors (Lipinski definition) is 8. The second kappa shape index (κ2) is 8.99. The van der Waals surface area contributed by atoms with Crippen LogP contribution >= 0.6 is 11.6 Å². The van der Waals surface area contributed by atoms with Gasteiger partial charge in [0.25, 0.3) is 11.6 Å². The molecule has 0 saturated carbocycles. The monoisotopic (exact) mass is 471 g/mol. The van der Waals surface area contributed by atoms with Crippen LogP contribution in [0.4, 0.5) is 17.1 Å². The van der Waals surface area contributed by atoms with Gasteiger partial charge in [0.2, 0.25) is 0 Å². The number of methoxy groups -OCH3 is 1. The third-order valence-electron chi connectivity index (χ3n) is 5.64. The van der Waals surface area contributed by atoms with Gasteiger partial charge in [-0.2, -0.15) is 0 Å². The predicted octanol–water partition coefficient (Wildman–Crippen LogP) is 3.76. The number of nitrogens with two attached hydrogens (primary N) is 1. The molecule has 172 valence electrons. The molecule has 0 bridgehead atoms. The fourth-order valence-corrected chi connectivity index (χ4v) is 4.14. The zero-order valence-corrected chi connectivity index (χ0v) is 18.8. The molecule has 1 fully saturated rings. The Kier molecular flexibility index (Phi) is 6.10. The Morgan fingerprint density at radius 2 is 1.94 bits per heavy atom. The maximum absolute atomic E-state index is 13.4. The number of nitrogens with zero attached hydrogens (tertiary/aromatic N) is 4. The van der Waals surface area contributed by atoms with Crippen LogP contribution in [0.15, 0.2) is 40.9 Å². The fraction of sp³-hybridized carbons (Fsp3) is 0.273. The van der Waals surface area contributed by atoms with Crippen molar-refractivity contribution in [3.63, 3.8) is 0 Å². The first kappa shape index (κ1) is 22.4. The Morgan fingerprint density at radius 3 is 2.58 bits per heavy atom. The van der Waals surface area contributed by atoms with Gasteiger partial charge in [-0.05, 0) is 31.2 Å². The molecule has 1 aromatic heterocycles. The molecule has 1 saturated heterocycles. The number of rotatable bonds is 5. The zero-order chi connectivity index (χ0) is 23.7. The maximum atomic E-state index is 13.4. The summed E-state index contributed by atoms with van der Waals surface area (Å²) in [6, 6.07) is 9.53. The molecule has 0 unspecified atom stereocenters. The van der Waals surface area contributed by atoms with E-state index in [-0.39, 0.29) is 11.6 Å². The zero-order valence-electron chi connectivity index (χ0n) is 18.1. The molecule has 4 rings (SSSR count). The summed E-state index contributed by atoms with van der Waals surface area (Å²) in [6.07, 6.45) is 0. The number of amides is 1. The third kappa shape index (κ3) is 4.29. The van der Waals surface area contributed by atoms with Gasteiger partial charge in [-0.15, -0.1) is 0 Å². The van der Waals surface area contributed by atoms with E-state index in [2.05, 4.69) is 5.16 Å². The Balaban J connectivity index is 1.54. The molecule has 10 nitrogen and oxygen atoms in total. The van der Waals surface area contributed by atoms with E-state index in [1.807, 2.05) is 4.90 Å². The molecule has 2 heterocycles. The summed E-state index contributed by atoms with van der Waals surface area (Å²) >= 11 is 6.27. The van der Waals surface area contributed by atoms with Gasteiger partial charge in [0, 0.05) is 49.6 Å². The Bertz CT molecular complexity index is 1220. The highest BCUT2D eigenvalue weighted by molar-refractivity contribution is 6.33. The van der Waals surface area contributed by atoms with Crippen LogP contribution in [-0.4, -0.2) is 54.2 Å². The summed E-state index contributed by atoms with van der Waals surface area (Å²) in [5.74, 6) is 0.783. The average Bonchev–Trinajstić information content (AvgIpc) is 3.20. The van der Waals surface area contributed by atoms with Gasteiger partial charge < -0.3 is 24.8 Å². The predicted molar refractivity (Wildman–Crippen MR) is 124 cm³/mol. The Labute approximate surface area is 194 Å². The molecule has 3 aromatic rings. The van der Waals surface area contributed by atoms with Crippen molar-refractivity contribution in [1.29, 1.82) is 0 Å². The summed E-state index contributed by atoms with van der Waals surface area (Å²) in [5.41, 5.74) is 8.51. The number of benzene rings is 2. The highest BCUT2D eigenvalue weighted by Gasteiger charge is 2.30. The van der Waals surface area contributed by atoms with Crippen LogP contribution in [0.3, 0.4) is 0 Å². The molecule has 0 atom stereocenters. The number of nitrogen functional groups attached to an aromatic ring is 1. The van der Waals surface area contributed by atoms with E-state index in [0.717, 1.165) is 0 Å². The number of aryl methyl sites for hydroxylation is 1. The van der Waals surface area contributed by atoms with Crippen LogP contribution in [0.1, 0.15) is 16.1 Å². The first-order chi connectivity index (χ1) is 15.8. The van der Waals surface area contributed by atoms with Crippen molar-refractivity contribution in [1.82, 2.24) is 10.1 Å². The van der Waals surface area contributed by atoms with Crippen LogP contribution < -0.4 is 15.4 Å². The smallest absolute Gasteiger partial charge is 0.271 e. The van der Waals surface area contributed by atoms with Crippen LogP contribution in [-0.2, 0) is 0 Å². The van der Waals surface area contributed by atoms with Gasteiger partial charge in [0.1, 0.15) is 22.8 Å². The van der Waals surface area contributed by atoms with E-state index in [1.165, 1.54) is 12.1 Å². The lowest BCUT2D eigenvalue weighted by Crippen LogP contribution is -2.49. The number of aromatic nitrogens is 1. The number of nitro benzene ring substituents is 1. The van der Waals surface area contributed by atoms with Crippen LogP contribution in [0.2, 0.25) is 5.02 Å². The van der Waals surface area contributed by atoms with Gasteiger partial charge >= 0.3 is 0 Å². The maximum Gasteiger partial charge on any atom is 0.271 e. The molecule has 33 heavy (non-hydrogen) atoms. The van der Waals surface area contributed by atoms with Gasteiger partial charge in [-0.1, -0.05) is 16.8 Å². The van der Waals surface area contributed by atoms with E-state index in [4.69, 9.17) is 26.6 Å². The number of non-ortho nitro benzene ring substituents is 1. The second-order valence-electron chi connectivity index (χ2n) is 7.59. The van der Waals surface area contributed by atoms with Gasteiger partial charge in [-0.3, -0.25) is 14.9 Å². The Hall–Kier alpha value is -3.79. The van der Waals surface area contributed by atoms with Crippen molar-refractivity contribution in [3.05, 3.63) is 62.9 Å². The SMILES string of the molecule is COc1ccc(N)c(-c2noc(C)c2C(=O)N2CCN(c3ccc([N+](=O)[O-])cc3Cl)CC2)c1. The lowest BCUT2D eigenvalue weighted by atomic mass is 10.0. The van der Waals surface area contributed by atoms with Gasteiger partial charge in [0.15, 0.2) is 0 Å². The highest BCUT2D eigenvalue weighted by atomic mass is 35.5. The van der Waals surface area contributed by atoms with Crippen LogP contribution in [0.25, 0.3) is 11.3 Å². The third-order valence-corrected chi connectivity index (χ3v) is 5.94. The Morgan fingerprint density at radius 1 is 1.21 bits per heavy atom. The molecule has 0 spiro atoms. The van der Waals surface area contributed by atoms with Crippen molar-refractivity contribution in [2.24, 2.45) is 0 Å². The largest absolute Gasteiger partial charge is 0.497 e. The normalized spacial score (nSPS) is 13.8. The van der Waals surface area contributed by atoms with Crippen LogP contribution in [0.5, 0.6) is 5.75 Å². The first-order valence-corrected chi connectivity index (χ1v) is 10.6. The molecular formula is C22H22ClN5O5. The van der Waals surface area contributed by atoms with Crippen LogP contribution in [0, 0.1) is 17.0 Å². The molecule has 1 aliphatic rings. The van der Waals surface area contributed by atoms with Crippen molar-refractivity contribution in [3.8, 4) is 17.0 Å². The lowest BCUT2D eigenvalue weighted by Gasteiger charge is -2.36. The number of carbonyl (C=O) groups excluding carboxylic acids is 1. The summed E-state index contributed by atoms with van der Waals surface area (Å²) in [7, 11) is 1.55. The second-order valence-corrected chi connectivity index (χ2v) is 7.99. The average molecular weight is 472 g/mol. The number of ether oxygens (including phenoxy) is 1. The number of carbonyl (C=O) groups is 1. The molecule has 2 aromatic carbocycles. The van der Waals surface area contributed by atoms with E-state index < -0.39 is 4.92 Å². The quantitative estimate of drug-likeness (QED) is 0.338.